The van der Waals surface area contributed by atoms with Crippen LogP contribution in [0.5, 0.6) is 5.75 Å². The lowest BCUT2D eigenvalue weighted by molar-refractivity contribution is 0.166. The Morgan fingerprint density at radius 1 is 1.37 bits per heavy atom. The van der Waals surface area contributed by atoms with E-state index in [9.17, 15) is 0 Å². The molecule has 1 heterocycles. The van der Waals surface area contributed by atoms with Crippen LogP contribution in [-0.4, -0.2) is 38.9 Å². The number of halogens is 1. The van der Waals surface area contributed by atoms with Gasteiger partial charge in [0, 0.05) is 37.7 Å². The van der Waals surface area contributed by atoms with Gasteiger partial charge in [-0.05, 0) is 43.7 Å². The molecular weight excluding hydrogens is 453 g/mol. The summed E-state index contributed by atoms with van der Waals surface area (Å²) < 4.78 is 11.6. The average Bonchev–Trinajstić information content (AvgIpc) is 3.15. The highest BCUT2D eigenvalue weighted by Crippen LogP contribution is 2.34. The molecule has 2 N–H and O–H groups in total. The summed E-state index contributed by atoms with van der Waals surface area (Å²) >= 11 is 0. The number of rotatable bonds is 8. The van der Waals surface area contributed by atoms with Crippen molar-refractivity contribution >= 4 is 29.9 Å². The summed E-state index contributed by atoms with van der Waals surface area (Å²) in [5.41, 5.74) is 2.38. The summed E-state index contributed by atoms with van der Waals surface area (Å²) in [6.07, 6.45) is 4.91. The maximum Gasteiger partial charge on any atom is 0.191 e. The zero-order valence-corrected chi connectivity index (χ0v) is 19.1. The Bertz CT molecular complexity index is 617. The molecule has 1 saturated heterocycles. The van der Waals surface area contributed by atoms with Crippen LogP contribution in [0.25, 0.3) is 0 Å². The van der Waals surface area contributed by atoms with Crippen LogP contribution >= 0.6 is 24.0 Å². The number of guanidine groups is 1. The molecule has 0 bridgehead atoms. The number of hydrogen-bond donors (Lipinski definition) is 2. The standard InChI is InChI=1S/C21H33N3O2.HI/c1-4-5-17-11-19(17)24-21(22-3)23-12-18-7-6-15(2)10-20(18)26-14-16-8-9-25-13-16;/h6-7,10,16-17,19H,4-5,8-9,11-14H2,1-3H3,(H2,22,23,24);1H. The number of aryl methyl sites for hydroxylation is 1. The molecule has 2 aliphatic rings. The van der Waals surface area contributed by atoms with Crippen molar-refractivity contribution in [3.8, 4) is 5.75 Å². The topological polar surface area (TPSA) is 54.9 Å². The van der Waals surface area contributed by atoms with E-state index >= 15 is 0 Å². The van der Waals surface area contributed by atoms with Gasteiger partial charge in [-0.15, -0.1) is 24.0 Å². The SMILES string of the molecule is CCCC1CC1NC(=NC)NCc1ccc(C)cc1OCC1CCOC1.I. The van der Waals surface area contributed by atoms with Crippen molar-refractivity contribution in [2.75, 3.05) is 26.9 Å². The van der Waals surface area contributed by atoms with E-state index in [4.69, 9.17) is 9.47 Å². The van der Waals surface area contributed by atoms with Crippen molar-refractivity contribution in [1.82, 2.24) is 10.6 Å². The second-order valence-electron chi connectivity index (χ2n) is 7.61. The number of aliphatic imine (C=N–C) groups is 1. The maximum atomic E-state index is 6.13. The third-order valence-electron chi connectivity index (χ3n) is 5.30. The molecule has 152 valence electrons. The number of hydrogen-bond acceptors (Lipinski definition) is 3. The van der Waals surface area contributed by atoms with Gasteiger partial charge in [0.15, 0.2) is 5.96 Å². The molecule has 5 nitrogen and oxygen atoms in total. The minimum absolute atomic E-state index is 0. The molecule has 1 aromatic carbocycles. The Hall–Kier alpha value is -1.02. The molecule has 2 fully saturated rings. The Balaban J connectivity index is 0.00000261. The van der Waals surface area contributed by atoms with E-state index in [1.54, 1.807) is 0 Å². The van der Waals surface area contributed by atoms with Gasteiger partial charge in [-0.25, -0.2) is 0 Å². The average molecular weight is 487 g/mol. The first-order valence-corrected chi connectivity index (χ1v) is 9.96. The zero-order valence-electron chi connectivity index (χ0n) is 16.8. The van der Waals surface area contributed by atoms with Crippen LogP contribution in [0.4, 0.5) is 0 Å². The molecule has 1 saturated carbocycles. The van der Waals surface area contributed by atoms with Gasteiger partial charge in [0.05, 0.1) is 13.2 Å². The first-order chi connectivity index (χ1) is 12.7. The Morgan fingerprint density at radius 2 is 2.22 bits per heavy atom. The van der Waals surface area contributed by atoms with Crippen molar-refractivity contribution in [2.45, 2.75) is 52.1 Å². The first kappa shape index (κ1) is 22.3. The lowest BCUT2D eigenvalue weighted by atomic mass is 10.1. The van der Waals surface area contributed by atoms with Crippen molar-refractivity contribution in [1.29, 1.82) is 0 Å². The van der Waals surface area contributed by atoms with Crippen LogP contribution in [0.3, 0.4) is 0 Å². The molecule has 1 aliphatic carbocycles. The van der Waals surface area contributed by atoms with Gasteiger partial charge in [0.25, 0.3) is 0 Å². The quantitative estimate of drug-likeness (QED) is 0.332. The van der Waals surface area contributed by atoms with Crippen LogP contribution in [0.15, 0.2) is 23.2 Å². The number of nitrogens with one attached hydrogen (secondary N) is 2. The summed E-state index contributed by atoms with van der Waals surface area (Å²) in [5.74, 6) is 3.17. The molecule has 6 heteroatoms. The Morgan fingerprint density at radius 3 is 2.93 bits per heavy atom. The summed E-state index contributed by atoms with van der Waals surface area (Å²) in [6.45, 7) is 7.46. The van der Waals surface area contributed by atoms with Gasteiger partial charge in [0.2, 0.25) is 0 Å². The van der Waals surface area contributed by atoms with E-state index in [-0.39, 0.29) is 24.0 Å². The summed E-state index contributed by atoms with van der Waals surface area (Å²) in [5, 5.41) is 6.98. The van der Waals surface area contributed by atoms with E-state index in [2.05, 4.69) is 47.7 Å². The van der Waals surface area contributed by atoms with Crippen molar-refractivity contribution in [3.63, 3.8) is 0 Å². The highest BCUT2D eigenvalue weighted by Gasteiger charge is 2.36. The smallest absolute Gasteiger partial charge is 0.191 e. The monoisotopic (exact) mass is 487 g/mol. The second kappa shape index (κ2) is 11.1. The molecule has 0 amide bonds. The molecule has 1 aliphatic heterocycles. The molecular formula is C21H34IN3O2. The van der Waals surface area contributed by atoms with E-state index in [0.29, 0.717) is 18.5 Å². The fourth-order valence-corrected chi connectivity index (χ4v) is 3.53. The summed E-state index contributed by atoms with van der Waals surface area (Å²) in [4.78, 5) is 4.37. The highest BCUT2D eigenvalue weighted by atomic mass is 127. The van der Waals surface area contributed by atoms with Crippen LogP contribution in [-0.2, 0) is 11.3 Å². The zero-order chi connectivity index (χ0) is 18.4. The van der Waals surface area contributed by atoms with Gasteiger partial charge in [0.1, 0.15) is 5.75 Å². The molecule has 1 aromatic rings. The van der Waals surface area contributed by atoms with E-state index in [1.807, 2.05) is 7.05 Å². The lowest BCUT2D eigenvalue weighted by Gasteiger charge is -2.17. The van der Waals surface area contributed by atoms with Crippen LogP contribution in [0.2, 0.25) is 0 Å². The summed E-state index contributed by atoms with van der Waals surface area (Å²) in [7, 11) is 1.83. The molecule has 3 rings (SSSR count). The van der Waals surface area contributed by atoms with Crippen molar-refractivity contribution in [2.24, 2.45) is 16.8 Å². The van der Waals surface area contributed by atoms with Gasteiger partial charge in [-0.3, -0.25) is 4.99 Å². The molecule has 0 spiro atoms. The largest absolute Gasteiger partial charge is 0.493 e. The Kier molecular flexibility index (Phi) is 9.15. The summed E-state index contributed by atoms with van der Waals surface area (Å²) in [6, 6.07) is 6.99. The van der Waals surface area contributed by atoms with Crippen LogP contribution < -0.4 is 15.4 Å². The van der Waals surface area contributed by atoms with Gasteiger partial charge in [-0.1, -0.05) is 25.5 Å². The third kappa shape index (κ3) is 6.82. The van der Waals surface area contributed by atoms with Gasteiger partial charge < -0.3 is 20.1 Å². The van der Waals surface area contributed by atoms with Gasteiger partial charge in [-0.2, -0.15) is 0 Å². The fourth-order valence-electron chi connectivity index (χ4n) is 3.53. The van der Waals surface area contributed by atoms with E-state index in [1.165, 1.54) is 30.4 Å². The number of ether oxygens (including phenoxy) is 2. The molecule has 3 unspecified atom stereocenters. The third-order valence-corrected chi connectivity index (χ3v) is 5.30. The predicted octanol–water partition coefficient (Wildman–Crippen LogP) is 3.88. The molecule has 27 heavy (non-hydrogen) atoms. The Labute approximate surface area is 180 Å². The molecule has 0 aromatic heterocycles. The normalized spacial score (nSPS) is 24.3. The predicted molar refractivity (Wildman–Crippen MR) is 121 cm³/mol. The van der Waals surface area contributed by atoms with Crippen LogP contribution in [0.1, 0.15) is 43.7 Å². The first-order valence-electron chi connectivity index (χ1n) is 9.96. The van der Waals surface area contributed by atoms with Crippen LogP contribution in [0, 0.1) is 18.8 Å². The highest BCUT2D eigenvalue weighted by molar-refractivity contribution is 14.0. The minimum atomic E-state index is 0. The van der Waals surface area contributed by atoms with Crippen molar-refractivity contribution in [3.05, 3.63) is 29.3 Å². The fraction of sp³-hybridized carbons (Fsp3) is 0.667. The van der Waals surface area contributed by atoms with E-state index in [0.717, 1.165) is 43.9 Å². The molecule has 3 atom stereocenters. The van der Waals surface area contributed by atoms with E-state index < -0.39 is 0 Å². The number of nitrogens with zero attached hydrogens (tertiary/aromatic N) is 1. The number of benzene rings is 1. The second-order valence-corrected chi connectivity index (χ2v) is 7.61. The minimum Gasteiger partial charge on any atom is -0.493 e. The maximum absolute atomic E-state index is 6.13. The van der Waals surface area contributed by atoms with Crippen molar-refractivity contribution < 1.29 is 9.47 Å². The van der Waals surface area contributed by atoms with Gasteiger partial charge >= 0.3 is 0 Å². The molecule has 0 radical (unpaired) electrons. The lowest BCUT2D eigenvalue weighted by Crippen LogP contribution is -2.38.